The lowest BCUT2D eigenvalue weighted by Gasteiger charge is -2.30. The van der Waals surface area contributed by atoms with Gasteiger partial charge in [0.2, 0.25) is 0 Å². The Morgan fingerprint density at radius 1 is 1.20 bits per heavy atom. The van der Waals surface area contributed by atoms with Crippen LogP contribution in [-0.4, -0.2) is 53.9 Å². The normalized spacial score (nSPS) is 16.7. The van der Waals surface area contributed by atoms with Crippen LogP contribution in [-0.2, 0) is 11.5 Å². The standard InChI is InChI=1S/C23H22ClF3N4O4/c1-31-6-4-14(5-7-31)34-18-9-15(32-11-23(25,26)27)8-17-19(18)22(29-12-28-17)30-20-16(24)3-2-13-10-33-35-21(13)20/h2-3,8-9,12,14H,4-7,10-11H2,1H3,(H,28,29,30). The summed E-state index contributed by atoms with van der Waals surface area (Å²) in [7, 11) is 2.03. The molecule has 2 aromatic carbocycles. The van der Waals surface area contributed by atoms with Gasteiger partial charge in [-0.1, -0.05) is 17.7 Å². The number of hydrogen-bond donors (Lipinski definition) is 1. The summed E-state index contributed by atoms with van der Waals surface area (Å²) >= 11 is 6.42. The first-order valence-corrected chi connectivity index (χ1v) is 11.4. The molecule has 8 nitrogen and oxygen atoms in total. The Bertz CT molecular complexity index is 1240. The maximum Gasteiger partial charge on any atom is 0.422 e. The Hall–Kier alpha value is -3.02. The highest BCUT2D eigenvalue weighted by Gasteiger charge is 2.29. The summed E-state index contributed by atoms with van der Waals surface area (Å²) in [5, 5.41) is 4.04. The molecule has 0 unspecified atom stereocenters. The topological polar surface area (TPSA) is 78.0 Å². The Morgan fingerprint density at radius 3 is 2.77 bits per heavy atom. The molecule has 1 fully saturated rings. The van der Waals surface area contributed by atoms with Gasteiger partial charge >= 0.3 is 6.18 Å². The molecule has 0 radical (unpaired) electrons. The van der Waals surface area contributed by atoms with Crippen molar-refractivity contribution < 1.29 is 32.4 Å². The predicted molar refractivity (Wildman–Crippen MR) is 122 cm³/mol. The molecular formula is C23H22ClF3N4O4. The summed E-state index contributed by atoms with van der Waals surface area (Å²) in [6.07, 6.45) is -1.76. The largest absolute Gasteiger partial charge is 0.489 e. The van der Waals surface area contributed by atoms with Gasteiger partial charge in [0.25, 0.3) is 0 Å². The molecule has 0 aliphatic carbocycles. The molecule has 1 N–H and O–H groups in total. The van der Waals surface area contributed by atoms with Crippen LogP contribution in [0.2, 0.25) is 5.02 Å². The van der Waals surface area contributed by atoms with Gasteiger partial charge < -0.3 is 24.6 Å². The third-order valence-electron chi connectivity index (χ3n) is 5.83. The first-order chi connectivity index (χ1) is 16.8. The van der Waals surface area contributed by atoms with E-state index in [9.17, 15) is 13.2 Å². The molecule has 12 heteroatoms. The van der Waals surface area contributed by atoms with E-state index in [0.717, 1.165) is 31.5 Å². The van der Waals surface area contributed by atoms with Gasteiger partial charge in [0.15, 0.2) is 12.4 Å². The number of benzene rings is 2. The second kappa shape index (κ2) is 9.56. The van der Waals surface area contributed by atoms with Crippen molar-refractivity contribution in [3.8, 4) is 17.2 Å². The number of rotatable bonds is 6. The smallest absolute Gasteiger partial charge is 0.422 e. The Labute approximate surface area is 203 Å². The first-order valence-electron chi connectivity index (χ1n) is 11.0. The van der Waals surface area contributed by atoms with E-state index in [0.29, 0.717) is 38.9 Å². The summed E-state index contributed by atoms with van der Waals surface area (Å²) in [6, 6.07) is 6.37. The molecule has 3 aromatic rings. The number of fused-ring (bicyclic) bond motifs is 2. The number of alkyl halides is 3. The van der Waals surface area contributed by atoms with E-state index < -0.39 is 12.8 Å². The molecular weight excluding hydrogens is 489 g/mol. The average molecular weight is 511 g/mol. The van der Waals surface area contributed by atoms with Gasteiger partial charge in [-0.25, -0.2) is 9.97 Å². The molecule has 3 heterocycles. The number of likely N-dealkylation sites (tertiary alicyclic amines) is 1. The fourth-order valence-electron chi connectivity index (χ4n) is 4.05. The van der Waals surface area contributed by atoms with Crippen molar-refractivity contribution in [1.29, 1.82) is 0 Å². The van der Waals surface area contributed by atoms with Gasteiger partial charge in [-0.3, -0.25) is 0 Å². The highest BCUT2D eigenvalue weighted by molar-refractivity contribution is 6.33. The van der Waals surface area contributed by atoms with Crippen LogP contribution in [0.1, 0.15) is 18.4 Å². The second-order valence-corrected chi connectivity index (χ2v) is 8.85. The highest BCUT2D eigenvalue weighted by Crippen LogP contribution is 2.43. The van der Waals surface area contributed by atoms with Crippen LogP contribution in [0, 0.1) is 0 Å². The molecule has 1 saturated heterocycles. The molecule has 0 atom stereocenters. The van der Waals surface area contributed by atoms with Crippen molar-refractivity contribution in [2.45, 2.75) is 31.7 Å². The summed E-state index contributed by atoms with van der Waals surface area (Å²) in [5.74, 6) is 1.11. The second-order valence-electron chi connectivity index (χ2n) is 8.44. The van der Waals surface area contributed by atoms with Gasteiger partial charge in [-0.2, -0.15) is 18.1 Å². The number of ether oxygens (including phenoxy) is 2. The summed E-state index contributed by atoms with van der Waals surface area (Å²) < 4.78 is 49.7. The van der Waals surface area contributed by atoms with Crippen molar-refractivity contribution >= 4 is 34.0 Å². The number of piperidine rings is 1. The van der Waals surface area contributed by atoms with Crippen LogP contribution in [0.25, 0.3) is 10.9 Å². The quantitative estimate of drug-likeness (QED) is 0.450. The maximum absolute atomic E-state index is 12.8. The van der Waals surface area contributed by atoms with Crippen LogP contribution in [0.4, 0.5) is 24.7 Å². The fourth-order valence-corrected chi connectivity index (χ4v) is 4.24. The number of aromatic nitrogens is 2. The van der Waals surface area contributed by atoms with Crippen LogP contribution < -0.4 is 19.7 Å². The van der Waals surface area contributed by atoms with Gasteiger partial charge in [0, 0.05) is 30.8 Å². The summed E-state index contributed by atoms with van der Waals surface area (Å²) in [6.45, 7) is 0.538. The summed E-state index contributed by atoms with van der Waals surface area (Å²) in [5.41, 5.74) is 1.61. The lowest BCUT2D eigenvalue weighted by Crippen LogP contribution is -2.35. The van der Waals surface area contributed by atoms with Gasteiger partial charge in [-0.05, 0) is 26.0 Å². The van der Waals surface area contributed by atoms with E-state index in [-0.39, 0.29) is 18.5 Å². The van der Waals surface area contributed by atoms with Gasteiger partial charge in [0.05, 0.1) is 15.9 Å². The van der Waals surface area contributed by atoms with E-state index in [1.165, 1.54) is 18.5 Å². The molecule has 5 rings (SSSR count). The number of halogens is 4. The van der Waals surface area contributed by atoms with E-state index in [4.69, 9.17) is 30.8 Å². The molecule has 0 bridgehead atoms. The van der Waals surface area contributed by atoms with Crippen molar-refractivity contribution in [1.82, 2.24) is 14.9 Å². The average Bonchev–Trinajstić information content (AvgIpc) is 3.30. The van der Waals surface area contributed by atoms with Crippen molar-refractivity contribution in [3.05, 3.63) is 41.2 Å². The van der Waals surface area contributed by atoms with Gasteiger partial charge in [0.1, 0.15) is 42.0 Å². The van der Waals surface area contributed by atoms with Crippen molar-refractivity contribution in [2.24, 2.45) is 0 Å². The molecule has 35 heavy (non-hydrogen) atoms. The van der Waals surface area contributed by atoms with E-state index in [1.807, 2.05) is 7.05 Å². The maximum atomic E-state index is 12.8. The predicted octanol–water partition coefficient (Wildman–Crippen LogP) is 5.26. The third kappa shape index (κ3) is 5.31. The molecule has 2 aliphatic rings. The van der Waals surface area contributed by atoms with Gasteiger partial charge in [-0.15, -0.1) is 0 Å². The van der Waals surface area contributed by atoms with Crippen molar-refractivity contribution in [3.63, 3.8) is 0 Å². The highest BCUT2D eigenvalue weighted by atomic mass is 35.5. The van der Waals surface area contributed by atoms with Crippen LogP contribution in [0.5, 0.6) is 17.2 Å². The van der Waals surface area contributed by atoms with E-state index in [2.05, 4.69) is 20.2 Å². The SMILES string of the molecule is CN1CCC(Oc2cc(OCC(F)(F)F)cc3ncnc(Nc4c(Cl)ccc5c4OOC5)c23)CC1. The number of nitrogens with one attached hydrogen (secondary N) is 1. The molecule has 186 valence electrons. The number of hydrogen-bond acceptors (Lipinski definition) is 8. The minimum absolute atomic E-state index is 0.00206. The van der Waals surface area contributed by atoms with Crippen LogP contribution in [0.3, 0.4) is 0 Å². The lowest BCUT2D eigenvalue weighted by atomic mass is 10.1. The Morgan fingerprint density at radius 2 is 2.00 bits per heavy atom. The monoisotopic (exact) mass is 510 g/mol. The Balaban J connectivity index is 1.55. The number of anilines is 2. The molecule has 0 amide bonds. The Kier molecular flexibility index (Phi) is 6.47. The van der Waals surface area contributed by atoms with E-state index in [1.54, 1.807) is 12.1 Å². The van der Waals surface area contributed by atoms with E-state index >= 15 is 0 Å². The molecule has 0 saturated carbocycles. The third-order valence-corrected chi connectivity index (χ3v) is 6.14. The fraction of sp³-hybridized carbons (Fsp3) is 0.391. The zero-order chi connectivity index (χ0) is 24.6. The zero-order valence-corrected chi connectivity index (χ0v) is 19.4. The number of nitrogens with zero attached hydrogens (tertiary/aromatic N) is 3. The molecule has 1 aromatic heterocycles. The zero-order valence-electron chi connectivity index (χ0n) is 18.7. The molecule has 0 spiro atoms. The summed E-state index contributed by atoms with van der Waals surface area (Å²) in [4.78, 5) is 21.2. The van der Waals surface area contributed by atoms with Crippen LogP contribution in [0.15, 0.2) is 30.6 Å². The van der Waals surface area contributed by atoms with Crippen molar-refractivity contribution in [2.75, 3.05) is 32.1 Å². The van der Waals surface area contributed by atoms with Crippen LogP contribution >= 0.6 is 11.6 Å². The lowest BCUT2D eigenvalue weighted by molar-refractivity contribution is -0.194. The molecule has 2 aliphatic heterocycles. The minimum Gasteiger partial charge on any atom is -0.489 e. The first kappa shape index (κ1) is 23.7. The minimum atomic E-state index is -4.48.